The van der Waals surface area contributed by atoms with E-state index in [9.17, 15) is 13.2 Å². The summed E-state index contributed by atoms with van der Waals surface area (Å²) >= 11 is 0. The van der Waals surface area contributed by atoms with Gasteiger partial charge in [-0.1, -0.05) is 57.2 Å². The molecule has 272 valence electrons. The number of methoxy groups -OCH3 is 1. The van der Waals surface area contributed by atoms with Gasteiger partial charge >= 0.3 is 5.97 Å². The molecule has 5 rings (SSSR count). The van der Waals surface area contributed by atoms with Crippen LogP contribution in [0.5, 0.6) is 23.1 Å². The first-order valence-corrected chi connectivity index (χ1v) is 17.2. The fraction of sp³-hybridized carbons (Fsp3) is 0.229. The highest BCUT2D eigenvalue weighted by atomic mass is 32.2. The molecule has 2 heterocycles. The van der Waals surface area contributed by atoms with Gasteiger partial charge in [-0.15, -0.1) is 0 Å². The van der Waals surface area contributed by atoms with Crippen LogP contribution in [0.15, 0.2) is 96.2 Å². The Labute approximate surface area is 299 Å². The van der Waals surface area contributed by atoms with E-state index in [4.69, 9.17) is 29.4 Å². The van der Waals surface area contributed by atoms with Gasteiger partial charge in [0.05, 0.1) is 29.6 Å². The van der Waals surface area contributed by atoms with Crippen LogP contribution < -0.4 is 18.9 Å². The molecule has 0 radical (unpaired) electrons. The molecule has 3 N–H and O–H groups in total. The van der Waals surface area contributed by atoms with Crippen molar-refractivity contribution < 1.29 is 47.4 Å². The van der Waals surface area contributed by atoms with Gasteiger partial charge in [0.1, 0.15) is 13.2 Å². The van der Waals surface area contributed by atoms with Crippen LogP contribution in [0.3, 0.4) is 0 Å². The smallest absolute Gasteiger partial charge is 0.338 e. The van der Waals surface area contributed by atoms with Gasteiger partial charge in [0.15, 0.2) is 23.1 Å². The number of nitrogens with zero attached hydrogens (tertiary/aromatic N) is 5. The predicted octanol–water partition coefficient (Wildman–Crippen LogP) is 5.58. The Morgan fingerprint density at radius 2 is 1.52 bits per heavy atom. The molecule has 0 saturated carbocycles. The number of carbonyl (C=O) groups is 1. The number of sulfonamides is 1. The highest BCUT2D eigenvalue weighted by Gasteiger charge is 2.26. The van der Waals surface area contributed by atoms with E-state index >= 15 is 0 Å². The quantitative estimate of drug-likeness (QED) is 0.0683. The third kappa shape index (κ3) is 9.74. The molecule has 0 fully saturated rings. The van der Waals surface area contributed by atoms with E-state index in [0.717, 1.165) is 5.56 Å². The number of nitrogens with one attached hydrogen (secondary N) is 1. The molecule has 0 saturated heterocycles. The van der Waals surface area contributed by atoms with Crippen LogP contribution in [0.4, 0.5) is 5.82 Å². The number of hydrogen-bond acceptors (Lipinski definition) is 15. The molecule has 16 nitrogen and oxygen atoms in total. The first-order chi connectivity index (χ1) is 24.8. The minimum atomic E-state index is -4.25. The van der Waals surface area contributed by atoms with Gasteiger partial charge in [0.2, 0.25) is 11.6 Å². The molecule has 0 atom stereocenters. The number of ether oxygens (including phenoxy) is 4. The molecule has 52 heavy (non-hydrogen) atoms. The first kappa shape index (κ1) is 37.5. The maximum absolute atomic E-state index is 13.8. The van der Waals surface area contributed by atoms with Crippen LogP contribution in [0.1, 0.15) is 42.3 Å². The average Bonchev–Trinajstić information content (AvgIpc) is 3.13. The molecular weight excluding hydrogens is 696 g/mol. The van der Waals surface area contributed by atoms with Crippen molar-refractivity contribution in [2.45, 2.75) is 37.7 Å². The van der Waals surface area contributed by atoms with E-state index in [-0.39, 0.29) is 70.5 Å². The van der Waals surface area contributed by atoms with Crippen molar-refractivity contribution in [3.63, 3.8) is 0 Å². The monoisotopic (exact) mass is 732 g/mol. The van der Waals surface area contributed by atoms with E-state index in [0.29, 0.717) is 11.3 Å². The third-order valence-corrected chi connectivity index (χ3v) is 8.59. The number of para-hydroxylation sites is 2. The van der Waals surface area contributed by atoms with Crippen LogP contribution >= 0.6 is 0 Å². The van der Waals surface area contributed by atoms with Crippen LogP contribution in [-0.4, -0.2) is 70.5 Å². The number of rotatable bonds is 15. The van der Waals surface area contributed by atoms with Crippen molar-refractivity contribution in [1.29, 1.82) is 0 Å². The number of esters is 1. The lowest BCUT2D eigenvalue weighted by Gasteiger charge is -2.20. The molecule has 0 amide bonds. The van der Waals surface area contributed by atoms with Crippen molar-refractivity contribution in [2.24, 2.45) is 0 Å². The lowest BCUT2D eigenvalue weighted by Crippen LogP contribution is -2.18. The van der Waals surface area contributed by atoms with Gasteiger partial charge in [0, 0.05) is 12.4 Å². The zero-order valence-electron chi connectivity index (χ0n) is 28.6. The summed E-state index contributed by atoms with van der Waals surface area (Å²) in [5, 5.41) is 17.0. The second-order valence-electron chi connectivity index (χ2n) is 11.9. The van der Waals surface area contributed by atoms with E-state index in [1.165, 1.54) is 43.8 Å². The van der Waals surface area contributed by atoms with E-state index < -0.39 is 21.4 Å². The Bertz CT molecular complexity index is 2080. The SMILES string of the molecule is COc1ccccc1Oc1c(NS(=O)(=O)c2ccc(C(C)(C)C)cc2)nc(-c2ncccn2)nc1OCCOC(=O)c1ccc(CON(O)O)cc1. The molecule has 0 aliphatic heterocycles. The fourth-order valence-electron chi connectivity index (χ4n) is 4.56. The highest BCUT2D eigenvalue weighted by Crippen LogP contribution is 2.41. The van der Waals surface area contributed by atoms with Gasteiger partial charge in [-0.05, 0) is 59.0 Å². The maximum Gasteiger partial charge on any atom is 0.338 e. The molecule has 0 spiro atoms. The molecule has 0 aliphatic rings. The summed E-state index contributed by atoms with van der Waals surface area (Å²) in [5.74, 6) is -0.883. The third-order valence-electron chi connectivity index (χ3n) is 7.23. The molecule has 0 unspecified atom stereocenters. The average molecular weight is 733 g/mol. The summed E-state index contributed by atoms with van der Waals surface area (Å²) in [7, 11) is -2.80. The lowest BCUT2D eigenvalue weighted by atomic mass is 9.87. The Kier molecular flexibility index (Phi) is 11.9. The Morgan fingerprint density at radius 3 is 2.15 bits per heavy atom. The number of carbonyl (C=O) groups excluding carboxylic acids is 1. The largest absolute Gasteiger partial charge is 0.493 e. The minimum absolute atomic E-state index is 0.0291. The number of anilines is 1. The Hall–Kier alpha value is -5.72. The van der Waals surface area contributed by atoms with Crippen LogP contribution in [-0.2, 0) is 31.6 Å². The Balaban J connectivity index is 1.46. The summed E-state index contributed by atoms with van der Waals surface area (Å²) in [6.07, 6.45) is 2.94. The van der Waals surface area contributed by atoms with Crippen molar-refractivity contribution in [1.82, 2.24) is 25.3 Å². The summed E-state index contributed by atoms with van der Waals surface area (Å²) in [4.78, 5) is 34.6. The van der Waals surface area contributed by atoms with Crippen LogP contribution in [0, 0.1) is 0 Å². The summed E-state index contributed by atoms with van der Waals surface area (Å²) in [6, 6.07) is 20.8. The molecular formula is C35H36N6O10S. The normalized spacial score (nSPS) is 11.6. The zero-order valence-corrected chi connectivity index (χ0v) is 29.4. The maximum atomic E-state index is 13.8. The number of aromatic nitrogens is 4. The minimum Gasteiger partial charge on any atom is -0.493 e. The van der Waals surface area contributed by atoms with Gasteiger partial charge in [-0.2, -0.15) is 4.98 Å². The highest BCUT2D eigenvalue weighted by molar-refractivity contribution is 7.92. The topological polar surface area (TPSA) is 205 Å². The molecule has 3 aromatic carbocycles. The predicted molar refractivity (Wildman–Crippen MR) is 184 cm³/mol. The van der Waals surface area contributed by atoms with Crippen molar-refractivity contribution in [3.05, 3.63) is 108 Å². The van der Waals surface area contributed by atoms with E-state index in [1.807, 2.05) is 20.8 Å². The molecule has 0 bridgehead atoms. The second kappa shape index (κ2) is 16.5. The standard InChI is InChI=1S/C35H36N6O10S/c1-35(2,3)25-14-16-26(17-15-25)52(45,46)40-30-29(51-28-9-6-5-8-27(28)47-4)33(39-32(38-30)31-36-18-7-19-37-31)48-20-21-49-34(42)24-12-10-23(11-13-24)22-50-41(43)44/h5-19,43-44H,20-22H2,1-4H3,(H,38,39,40). The van der Waals surface area contributed by atoms with E-state index in [2.05, 4.69) is 29.5 Å². The molecule has 0 aliphatic carbocycles. The summed E-state index contributed by atoms with van der Waals surface area (Å²) in [6.45, 7) is 5.43. The van der Waals surface area contributed by atoms with Crippen molar-refractivity contribution >= 4 is 21.8 Å². The first-order valence-electron chi connectivity index (χ1n) is 15.7. The lowest BCUT2D eigenvalue weighted by molar-refractivity contribution is -0.497. The van der Waals surface area contributed by atoms with Crippen LogP contribution in [0.2, 0.25) is 0 Å². The second-order valence-corrected chi connectivity index (χ2v) is 13.6. The molecule has 17 heteroatoms. The van der Waals surface area contributed by atoms with Gasteiger partial charge in [-0.25, -0.2) is 33.0 Å². The Morgan fingerprint density at radius 1 is 0.846 bits per heavy atom. The fourth-order valence-corrected chi connectivity index (χ4v) is 5.57. The van der Waals surface area contributed by atoms with E-state index in [1.54, 1.807) is 54.6 Å². The number of benzene rings is 3. The zero-order chi connectivity index (χ0) is 37.3. The summed E-state index contributed by atoms with van der Waals surface area (Å²) < 4.78 is 53.1. The number of hydrogen-bond donors (Lipinski definition) is 3. The van der Waals surface area contributed by atoms with Gasteiger partial charge in [0.25, 0.3) is 15.9 Å². The molecule has 5 aromatic rings. The van der Waals surface area contributed by atoms with Crippen molar-refractivity contribution in [3.8, 4) is 34.8 Å². The van der Waals surface area contributed by atoms with Gasteiger partial charge in [-0.3, -0.25) is 15.1 Å². The van der Waals surface area contributed by atoms with Crippen LogP contribution in [0.25, 0.3) is 11.6 Å². The van der Waals surface area contributed by atoms with Crippen molar-refractivity contribution in [2.75, 3.05) is 25.0 Å². The van der Waals surface area contributed by atoms with Gasteiger partial charge < -0.3 is 18.9 Å². The molecule has 2 aromatic heterocycles. The summed E-state index contributed by atoms with van der Waals surface area (Å²) in [5.41, 5.74) is 1.52.